The Morgan fingerprint density at radius 2 is 2.57 bits per heavy atom. The van der Waals surface area contributed by atoms with Gasteiger partial charge in [-0.3, -0.25) is 0 Å². The van der Waals surface area contributed by atoms with E-state index in [9.17, 15) is 0 Å². The van der Waals surface area contributed by atoms with Gasteiger partial charge >= 0.3 is 0 Å². The summed E-state index contributed by atoms with van der Waals surface area (Å²) in [7, 11) is 2.16. The molecule has 0 amide bonds. The number of nitrogens with zero attached hydrogens (tertiary/aromatic N) is 3. The molecule has 0 aliphatic carbocycles. The van der Waals surface area contributed by atoms with Gasteiger partial charge in [0.15, 0.2) is 0 Å². The monoisotopic (exact) mass is 192 g/mol. The Morgan fingerprint density at radius 1 is 1.64 bits per heavy atom. The van der Waals surface area contributed by atoms with Crippen molar-refractivity contribution in [3.63, 3.8) is 0 Å². The summed E-state index contributed by atoms with van der Waals surface area (Å²) in [4.78, 5) is 10.4. The Hall–Kier alpha value is -1.00. The molecule has 2 heterocycles. The van der Waals surface area contributed by atoms with Crippen LogP contribution in [0.4, 0.5) is 0 Å². The molecule has 1 aromatic heterocycles. The standard InChI is InChI=1S/C10H16N4/c1-14-5-3-10(7-14)12-6-9-2-4-11-8-13-9/h2,4,8,10,12H,3,5-7H2,1H3. The molecular formula is C10H16N4. The molecule has 1 unspecified atom stereocenters. The lowest BCUT2D eigenvalue weighted by atomic mass is 10.2. The van der Waals surface area contributed by atoms with Crippen molar-refractivity contribution >= 4 is 0 Å². The molecule has 1 atom stereocenters. The van der Waals surface area contributed by atoms with Crippen molar-refractivity contribution < 1.29 is 0 Å². The molecule has 0 spiro atoms. The predicted molar refractivity (Wildman–Crippen MR) is 54.8 cm³/mol. The van der Waals surface area contributed by atoms with E-state index < -0.39 is 0 Å². The average molecular weight is 192 g/mol. The van der Waals surface area contributed by atoms with Gasteiger partial charge in [0, 0.05) is 25.3 Å². The van der Waals surface area contributed by atoms with Gasteiger partial charge in [-0.1, -0.05) is 0 Å². The highest BCUT2D eigenvalue weighted by molar-refractivity contribution is 4.97. The normalized spacial score (nSPS) is 22.8. The second kappa shape index (κ2) is 4.48. The van der Waals surface area contributed by atoms with Crippen LogP contribution in [-0.4, -0.2) is 41.0 Å². The lowest BCUT2D eigenvalue weighted by Crippen LogP contribution is -2.31. The van der Waals surface area contributed by atoms with E-state index >= 15 is 0 Å². The molecule has 76 valence electrons. The van der Waals surface area contributed by atoms with Crippen molar-refractivity contribution in [2.75, 3.05) is 20.1 Å². The van der Waals surface area contributed by atoms with E-state index in [0.717, 1.165) is 18.8 Å². The smallest absolute Gasteiger partial charge is 0.115 e. The topological polar surface area (TPSA) is 41.0 Å². The molecule has 0 saturated carbocycles. The van der Waals surface area contributed by atoms with Crippen LogP contribution in [0.1, 0.15) is 12.1 Å². The van der Waals surface area contributed by atoms with Crippen molar-refractivity contribution in [1.29, 1.82) is 0 Å². The van der Waals surface area contributed by atoms with Crippen LogP contribution >= 0.6 is 0 Å². The maximum absolute atomic E-state index is 4.17. The summed E-state index contributed by atoms with van der Waals surface area (Å²) in [6, 6.07) is 2.57. The van der Waals surface area contributed by atoms with E-state index in [2.05, 4.69) is 27.2 Å². The fourth-order valence-corrected chi connectivity index (χ4v) is 1.77. The second-order valence-electron chi connectivity index (χ2n) is 3.83. The summed E-state index contributed by atoms with van der Waals surface area (Å²) >= 11 is 0. The van der Waals surface area contributed by atoms with E-state index in [1.54, 1.807) is 12.5 Å². The van der Waals surface area contributed by atoms with Crippen molar-refractivity contribution in [3.8, 4) is 0 Å². The Balaban J connectivity index is 1.78. The largest absolute Gasteiger partial charge is 0.307 e. The first-order valence-corrected chi connectivity index (χ1v) is 5.01. The average Bonchev–Trinajstić information content (AvgIpc) is 2.63. The van der Waals surface area contributed by atoms with Crippen molar-refractivity contribution in [3.05, 3.63) is 24.3 Å². The van der Waals surface area contributed by atoms with E-state index in [1.807, 2.05) is 6.07 Å². The second-order valence-corrected chi connectivity index (χ2v) is 3.83. The highest BCUT2D eigenvalue weighted by atomic mass is 15.2. The van der Waals surface area contributed by atoms with E-state index in [-0.39, 0.29) is 0 Å². The molecule has 1 aromatic rings. The van der Waals surface area contributed by atoms with Crippen LogP contribution in [0.3, 0.4) is 0 Å². The van der Waals surface area contributed by atoms with E-state index in [4.69, 9.17) is 0 Å². The Kier molecular flexibility index (Phi) is 3.06. The lowest BCUT2D eigenvalue weighted by molar-refractivity contribution is 0.397. The third-order valence-corrected chi connectivity index (χ3v) is 2.61. The van der Waals surface area contributed by atoms with Gasteiger partial charge in [-0.25, -0.2) is 9.97 Å². The van der Waals surface area contributed by atoms with Crippen LogP contribution in [0.5, 0.6) is 0 Å². The number of hydrogen-bond donors (Lipinski definition) is 1. The van der Waals surface area contributed by atoms with Crippen LogP contribution in [-0.2, 0) is 6.54 Å². The SMILES string of the molecule is CN1CCC(NCc2ccncn2)C1. The van der Waals surface area contributed by atoms with Crippen LogP contribution < -0.4 is 5.32 Å². The summed E-state index contributed by atoms with van der Waals surface area (Å²) < 4.78 is 0. The minimum absolute atomic E-state index is 0.620. The third kappa shape index (κ3) is 2.49. The molecule has 1 fully saturated rings. The summed E-state index contributed by atoms with van der Waals surface area (Å²) in [6.45, 7) is 3.19. The zero-order chi connectivity index (χ0) is 9.80. The summed E-state index contributed by atoms with van der Waals surface area (Å²) in [5.74, 6) is 0. The number of aromatic nitrogens is 2. The molecule has 14 heavy (non-hydrogen) atoms. The van der Waals surface area contributed by atoms with Gasteiger partial charge in [0.05, 0.1) is 5.69 Å². The summed E-state index contributed by atoms with van der Waals surface area (Å²) in [6.07, 6.45) is 4.62. The minimum atomic E-state index is 0.620. The third-order valence-electron chi connectivity index (χ3n) is 2.61. The zero-order valence-electron chi connectivity index (χ0n) is 8.48. The van der Waals surface area contributed by atoms with Gasteiger partial charge in [0.2, 0.25) is 0 Å². The summed E-state index contributed by atoms with van der Waals surface area (Å²) in [5, 5.41) is 3.50. The maximum Gasteiger partial charge on any atom is 0.115 e. The molecule has 1 aliphatic heterocycles. The predicted octanol–water partition coefficient (Wildman–Crippen LogP) is 0.270. The van der Waals surface area contributed by atoms with Crippen molar-refractivity contribution in [1.82, 2.24) is 20.2 Å². The number of hydrogen-bond acceptors (Lipinski definition) is 4. The van der Waals surface area contributed by atoms with Gasteiger partial charge in [-0.2, -0.15) is 0 Å². The Bertz CT molecular complexity index is 275. The highest BCUT2D eigenvalue weighted by Gasteiger charge is 2.18. The molecule has 0 aromatic carbocycles. The molecule has 0 radical (unpaired) electrons. The van der Waals surface area contributed by atoms with Crippen LogP contribution in [0, 0.1) is 0 Å². The van der Waals surface area contributed by atoms with Gasteiger partial charge in [-0.15, -0.1) is 0 Å². The van der Waals surface area contributed by atoms with Gasteiger partial charge in [0.25, 0.3) is 0 Å². The highest BCUT2D eigenvalue weighted by Crippen LogP contribution is 2.06. The Morgan fingerprint density at radius 3 is 3.21 bits per heavy atom. The first-order chi connectivity index (χ1) is 6.84. The molecule has 1 saturated heterocycles. The zero-order valence-corrected chi connectivity index (χ0v) is 8.48. The minimum Gasteiger partial charge on any atom is -0.307 e. The molecule has 1 N–H and O–H groups in total. The van der Waals surface area contributed by atoms with Crippen molar-refractivity contribution in [2.24, 2.45) is 0 Å². The van der Waals surface area contributed by atoms with Gasteiger partial charge in [-0.05, 0) is 26.1 Å². The van der Waals surface area contributed by atoms with E-state index in [0.29, 0.717) is 6.04 Å². The molecular weight excluding hydrogens is 176 g/mol. The lowest BCUT2D eigenvalue weighted by Gasteiger charge is -2.11. The fourth-order valence-electron chi connectivity index (χ4n) is 1.77. The fraction of sp³-hybridized carbons (Fsp3) is 0.600. The number of likely N-dealkylation sites (N-methyl/N-ethyl adjacent to an activating group) is 1. The first kappa shape index (κ1) is 9.55. The van der Waals surface area contributed by atoms with Crippen LogP contribution in [0.2, 0.25) is 0 Å². The van der Waals surface area contributed by atoms with Gasteiger partial charge in [0.1, 0.15) is 6.33 Å². The molecule has 4 heteroatoms. The maximum atomic E-state index is 4.17. The van der Waals surface area contributed by atoms with Crippen molar-refractivity contribution in [2.45, 2.75) is 19.0 Å². The van der Waals surface area contributed by atoms with E-state index in [1.165, 1.54) is 13.0 Å². The number of nitrogens with one attached hydrogen (secondary N) is 1. The number of rotatable bonds is 3. The summed E-state index contributed by atoms with van der Waals surface area (Å²) in [5.41, 5.74) is 1.06. The Labute approximate surface area is 84.4 Å². The van der Waals surface area contributed by atoms with Crippen LogP contribution in [0.15, 0.2) is 18.6 Å². The molecule has 0 bridgehead atoms. The van der Waals surface area contributed by atoms with Gasteiger partial charge < -0.3 is 10.2 Å². The molecule has 2 rings (SSSR count). The number of likely N-dealkylation sites (tertiary alicyclic amines) is 1. The molecule has 4 nitrogen and oxygen atoms in total. The first-order valence-electron chi connectivity index (χ1n) is 5.01. The quantitative estimate of drug-likeness (QED) is 0.746. The molecule has 1 aliphatic rings. The van der Waals surface area contributed by atoms with Crippen LogP contribution in [0.25, 0.3) is 0 Å².